The summed E-state index contributed by atoms with van der Waals surface area (Å²) in [5, 5.41) is 0.989. The molecule has 3 rings (SSSR count). The first-order chi connectivity index (χ1) is 11.5. The van der Waals surface area contributed by atoms with Gasteiger partial charge in [-0.15, -0.1) is 0 Å². The summed E-state index contributed by atoms with van der Waals surface area (Å²) in [6, 6.07) is 11.3. The summed E-state index contributed by atoms with van der Waals surface area (Å²) in [5.41, 5.74) is 0.620. The molecule has 126 valence electrons. The van der Waals surface area contributed by atoms with Crippen LogP contribution < -0.4 is 0 Å². The average molecular weight is 367 g/mol. The third-order valence-corrected chi connectivity index (χ3v) is 5.19. The quantitative estimate of drug-likeness (QED) is 0.649. The summed E-state index contributed by atoms with van der Waals surface area (Å²) in [4.78, 5) is 12.8. The van der Waals surface area contributed by atoms with Gasteiger partial charge in [0.15, 0.2) is 0 Å². The van der Waals surface area contributed by atoms with Gasteiger partial charge in [0.25, 0.3) is 0 Å². The summed E-state index contributed by atoms with van der Waals surface area (Å²) in [5.74, 6) is -0.663. The Labute approximate surface area is 150 Å². The molecule has 0 saturated heterocycles. The summed E-state index contributed by atoms with van der Waals surface area (Å²) in [6.45, 7) is 0.0753. The van der Waals surface area contributed by atoms with E-state index in [-0.39, 0.29) is 18.4 Å². The number of hydrogen-bond donors (Lipinski definition) is 0. The summed E-state index contributed by atoms with van der Waals surface area (Å²) in [7, 11) is 0. The second-order valence-corrected chi connectivity index (χ2v) is 6.96. The minimum Gasteiger partial charge on any atom is -0.460 e. The van der Waals surface area contributed by atoms with Crippen molar-refractivity contribution in [3.8, 4) is 0 Å². The molecule has 24 heavy (non-hydrogen) atoms. The van der Waals surface area contributed by atoms with Crippen molar-refractivity contribution in [1.29, 1.82) is 0 Å². The molecule has 0 amide bonds. The second kappa shape index (κ2) is 7.12. The largest absolute Gasteiger partial charge is 0.460 e. The Morgan fingerprint density at radius 1 is 1.12 bits per heavy atom. The molecule has 0 radical (unpaired) electrons. The van der Waals surface area contributed by atoms with Gasteiger partial charge in [0.05, 0.1) is 5.41 Å². The first-order valence-electron chi connectivity index (χ1n) is 7.88. The number of benzene rings is 2. The molecule has 2 aromatic rings. The van der Waals surface area contributed by atoms with Crippen LogP contribution in [0, 0.1) is 5.82 Å². The van der Waals surface area contributed by atoms with Crippen LogP contribution in [0.4, 0.5) is 4.39 Å². The van der Waals surface area contributed by atoms with Crippen molar-refractivity contribution in [2.45, 2.75) is 37.7 Å². The highest BCUT2D eigenvalue weighted by Crippen LogP contribution is 2.42. The van der Waals surface area contributed by atoms with E-state index in [9.17, 15) is 9.18 Å². The lowest BCUT2D eigenvalue weighted by Gasteiger charge is -2.27. The number of hydrogen-bond acceptors (Lipinski definition) is 2. The molecule has 5 heteroatoms. The van der Waals surface area contributed by atoms with E-state index >= 15 is 0 Å². The monoisotopic (exact) mass is 366 g/mol. The topological polar surface area (TPSA) is 26.3 Å². The fourth-order valence-electron chi connectivity index (χ4n) is 3.30. The summed E-state index contributed by atoms with van der Waals surface area (Å²) >= 11 is 12.0. The van der Waals surface area contributed by atoms with Gasteiger partial charge in [-0.1, -0.05) is 54.2 Å². The van der Waals surface area contributed by atoms with Gasteiger partial charge in [-0.05, 0) is 42.7 Å². The Bertz CT molecular complexity index is 755. The third kappa shape index (κ3) is 3.42. The number of carbonyl (C=O) groups excluding carboxylic acids is 1. The van der Waals surface area contributed by atoms with Crippen molar-refractivity contribution >= 4 is 29.2 Å². The van der Waals surface area contributed by atoms with Crippen LogP contribution in [0.2, 0.25) is 10.0 Å². The van der Waals surface area contributed by atoms with E-state index in [2.05, 4.69) is 0 Å². The molecule has 2 aromatic carbocycles. The molecule has 2 nitrogen and oxygen atoms in total. The molecule has 0 bridgehead atoms. The van der Waals surface area contributed by atoms with Crippen molar-refractivity contribution < 1.29 is 13.9 Å². The third-order valence-electron chi connectivity index (χ3n) is 4.60. The minimum absolute atomic E-state index is 0.0753. The lowest BCUT2D eigenvalue weighted by Crippen LogP contribution is -2.34. The van der Waals surface area contributed by atoms with Crippen LogP contribution in [0.1, 0.15) is 36.8 Å². The van der Waals surface area contributed by atoms with Gasteiger partial charge < -0.3 is 4.74 Å². The van der Waals surface area contributed by atoms with Crippen molar-refractivity contribution in [2.24, 2.45) is 0 Å². The Kier molecular flexibility index (Phi) is 5.12. The van der Waals surface area contributed by atoms with Gasteiger partial charge in [0, 0.05) is 15.6 Å². The average Bonchev–Trinajstić information content (AvgIpc) is 3.05. The van der Waals surface area contributed by atoms with E-state index < -0.39 is 5.41 Å². The predicted octanol–water partition coefficient (Wildman–Crippen LogP) is 5.69. The van der Waals surface area contributed by atoms with Crippen LogP contribution in [0.5, 0.6) is 0 Å². The van der Waals surface area contributed by atoms with Crippen molar-refractivity contribution in [1.82, 2.24) is 0 Å². The van der Waals surface area contributed by atoms with Crippen LogP contribution in [-0.2, 0) is 21.6 Å². The molecule has 0 N–H and O–H groups in total. The zero-order chi connectivity index (χ0) is 17.2. The maximum atomic E-state index is 13.6. The normalized spacial score (nSPS) is 16.1. The van der Waals surface area contributed by atoms with Crippen molar-refractivity contribution in [3.63, 3.8) is 0 Å². The SMILES string of the molecule is O=C(OCc1ccc(Cl)cc1Cl)C1(c2cccc(F)c2)CCCC1. The zero-order valence-corrected chi connectivity index (χ0v) is 14.5. The lowest BCUT2D eigenvalue weighted by molar-refractivity contribution is -0.152. The van der Waals surface area contributed by atoms with Gasteiger partial charge >= 0.3 is 5.97 Å². The molecule has 1 aliphatic rings. The first-order valence-corrected chi connectivity index (χ1v) is 8.64. The Balaban J connectivity index is 1.80. The van der Waals surface area contributed by atoms with E-state index in [1.54, 1.807) is 30.3 Å². The molecule has 0 heterocycles. The number of carbonyl (C=O) groups is 1. The number of ether oxygens (including phenoxy) is 1. The van der Waals surface area contributed by atoms with E-state index in [0.717, 1.165) is 12.8 Å². The van der Waals surface area contributed by atoms with Crippen LogP contribution in [0.3, 0.4) is 0 Å². The number of rotatable bonds is 4. The molecule has 0 atom stereocenters. The number of esters is 1. The van der Waals surface area contributed by atoms with Crippen molar-refractivity contribution in [3.05, 3.63) is 69.5 Å². The maximum absolute atomic E-state index is 13.6. The molecule has 0 unspecified atom stereocenters. The second-order valence-electron chi connectivity index (χ2n) is 6.11. The van der Waals surface area contributed by atoms with Crippen LogP contribution in [0.25, 0.3) is 0 Å². The Hall–Kier alpha value is -1.58. The van der Waals surface area contributed by atoms with Crippen LogP contribution in [0.15, 0.2) is 42.5 Å². The fraction of sp³-hybridized carbons (Fsp3) is 0.316. The Morgan fingerprint density at radius 2 is 1.88 bits per heavy atom. The van der Waals surface area contributed by atoms with E-state index in [0.29, 0.717) is 34.0 Å². The van der Waals surface area contributed by atoms with E-state index in [1.165, 1.54) is 12.1 Å². The van der Waals surface area contributed by atoms with Gasteiger partial charge in [-0.25, -0.2) is 4.39 Å². The van der Waals surface area contributed by atoms with Crippen molar-refractivity contribution in [2.75, 3.05) is 0 Å². The summed E-state index contributed by atoms with van der Waals surface area (Å²) < 4.78 is 19.2. The lowest BCUT2D eigenvalue weighted by atomic mass is 9.79. The van der Waals surface area contributed by atoms with E-state index in [4.69, 9.17) is 27.9 Å². The molecule has 1 fully saturated rings. The molecular formula is C19H17Cl2FO2. The van der Waals surface area contributed by atoms with Crippen LogP contribution in [-0.4, -0.2) is 5.97 Å². The maximum Gasteiger partial charge on any atom is 0.316 e. The fourth-order valence-corrected chi connectivity index (χ4v) is 3.76. The highest BCUT2D eigenvalue weighted by molar-refractivity contribution is 6.35. The Morgan fingerprint density at radius 3 is 2.54 bits per heavy atom. The minimum atomic E-state index is -0.763. The predicted molar refractivity (Wildman–Crippen MR) is 92.8 cm³/mol. The van der Waals surface area contributed by atoms with Crippen LogP contribution >= 0.6 is 23.2 Å². The molecular weight excluding hydrogens is 350 g/mol. The zero-order valence-electron chi connectivity index (χ0n) is 13.0. The summed E-state index contributed by atoms with van der Waals surface area (Å²) in [6.07, 6.45) is 3.19. The first kappa shape index (κ1) is 17.2. The van der Waals surface area contributed by atoms with E-state index in [1.807, 2.05) is 0 Å². The van der Waals surface area contributed by atoms with Gasteiger partial charge in [0.2, 0.25) is 0 Å². The standard InChI is InChI=1S/C19H17Cl2FO2/c20-15-7-6-13(17(21)11-15)12-24-18(23)19(8-1-2-9-19)14-4-3-5-16(22)10-14/h3-7,10-11H,1-2,8-9,12H2. The van der Waals surface area contributed by atoms with Gasteiger partial charge in [0.1, 0.15) is 12.4 Å². The van der Waals surface area contributed by atoms with Gasteiger partial charge in [-0.3, -0.25) is 4.79 Å². The highest BCUT2D eigenvalue weighted by atomic mass is 35.5. The molecule has 0 aliphatic heterocycles. The molecule has 1 aliphatic carbocycles. The van der Waals surface area contributed by atoms with Gasteiger partial charge in [-0.2, -0.15) is 0 Å². The highest BCUT2D eigenvalue weighted by Gasteiger charge is 2.44. The molecule has 0 aromatic heterocycles. The number of halogens is 3. The molecule has 0 spiro atoms. The smallest absolute Gasteiger partial charge is 0.316 e. The molecule has 1 saturated carbocycles.